The van der Waals surface area contributed by atoms with E-state index in [9.17, 15) is 4.79 Å². The monoisotopic (exact) mass is 323 g/mol. The zero-order chi connectivity index (χ0) is 15.6. The number of carboxylic acid groups (broad SMARTS) is 1. The molecule has 0 amide bonds. The van der Waals surface area contributed by atoms with Crippen molar-refractivity contribution in [1.29, 1.82) is 0 Å². The summed E-state index contributed by atoms with van der Waals surface area (Å²) >= 11 is 0. The van der Waals surface area contributed by atoms with Crippen molar-refractivity contribution in [3.63, 3.8) is 0 Å². The van der Waals surface area contributed by atoms with Crippen molar-refractivity contribution in [2.24, 2.45) is 0 Å². The number of rotatable bonds is 17. The maximum Gasteiger partial charge on any atom is 1.00 e. The fraction of sp³-hybridized carbons (Fsp3) is 0.944. The van der Waals surface area contributed by atoms with Crippen LogP contribution < -0.4 is 34.9 Å². The van der Waals surface area contributed by atoms with Crippen LogP contribution in [0.3, 0.4) is 0 Å². The first-order valence-corrected chi connectivity index (χ1v) is 9.20. The Labute approximate surface area is 161 Å². The Morgan fingerprint density at radius 1 is 0.773 bits per heavy atom. The van der Waals surface area contributed by atoms with Gasteiger partial charge < -0.3 is 11.8 Å². The molecular formula is C18H38NNaO2. The van der Waals surface area contributed by atoms with Crippen LogP contribution in [-0.4, -0.2) is 24.2 Å². The fourth-order valence-corrected chi connectivity index (χ4v) is 2.64. The van der Waals surface area contributed by atoms with Gasteiger partial charge in [0.2, 0.25) is 0 Å². The van der Waals surface area contributed by atoms with Crippen LogP contribution in [0.25, 0.3) is 0 Å². The second kappa shape index (κ2) is 21.4. The van der Waals surface area contributed by atoms with E-state index in [0.29, 0.717) is 0 Å². The zero-order valence-electron chi connectivity index (χ0n) is 16.2. The topological polar surface area (TPSA) is 49.3 Å². The molecule has 0 aliphatic rings. The van der Waals surface area contributed by atoms with Crippen molar-refractivity contribution in [3.05, 3.63) is 0 Å². The Balaban J connectivity index is -0.00000200. The molecule has 0 saturated heterocycles. The van der Waals surface area contributed by atoms with Crippen molar-refractivity contribution < 1.29 is 40.9 Å². The molecule has 0 aliphatic carbocycles. The molecule has 0 aromatic rings. The summed E-state index contributed by atoms with van der Waals surface area (Å²) in [5.41, 5.74) is 0. The number of nitrogens with one attached hydrogen (secondary N) is 1. The molecule has 0 radical (unpaired) electrons. The third kappa shape index (κ3) is 22.7. The first-order chi connectivity index (χ1) is 10.3. The Morgan fingerprint density at radius 2 is 1.14 bits per heavy atom. The SMILES string of the molecule is CCCCCCCCCCCCCCCCNCC(=O)O.[H-].[Na+]. The molecular weight excluding hydrogens is 285 g/mol. The van der Waals surface area contributed by atoms with Gasteiger partial charge in [-0.1, -0.05) is 90.4 Å². The van der Waals surface area contributed by atoms with Crippen LogP contribution in [0.5, 0.6) is 0 Å². The summed E-state index contributed by atoms with van der Waals surface area (Å²) in [4.78, 5) is 10.3. The van der Waals surface area contributed by atoms with Gasteiger partial charge in [0.1, 0.15) is 0 Å². The van der Waals surface area contributed by atoms with E-state index in [1.165, 1.54) is 83.5 Å². The number of hydrogen-bond acceptors (Lipinski definition) is 2. The Hall–Kier alpha value is 0.430. The minimum atomic E-state index is -0.764. The summed E-state index contributed by atoms with van der Waals surface area (Å²) in [5, 5.41) is 11.4. The largest absolute Gasteiger partial charge is 1.00 e. The number of aliphatic carboxylic acids is 1. The molecule has 0 bridgehead atoms. The van der Waals surface area contributed by atoms with Gasteiger partial charge in [0.25, 0.3) is 0 Å². The van der Waals surface area contributed by atoms with E-state index in [2.05, 4.69) is 12.2 Å². The minimum Gasteiger partial charge on any atom is -1.00 e. The smallest absolute Gasteiger partial charge is 1.00 e. The van der Waals surface area contributed by atoms with E-state index >= 15 is 0 Å². The van der Waals surface area contributed by atoms with E-state index < -0.39 is 5.97 Å². The number of hydrogen-bond donors (Lipinski definition) is 2. The van der Waals surface area contributed by atoms with Gasteiger partial charge in [-0.2, -0.15) is 0 Å². The molecule has 2 N–H and O–H groups in total. The number of carboxylic acids is 1. The van der Waals surface area contributed by atoms with Crippen LogP contribution >= 0.6 is 0 Å². The molecule has 3 nitrogen and oxygen atoms in total. The van der Waals surface area contributed by atoms with Crippen molar-refractivity contribution in [2.75, 3.05) is 13.1 Å². The summed E-state index contributed by atoms with van der Waals surface area (Å²) in [6.07, 6.45) is 19.0. The average molecular weight is 323 g/mol. The Morgan fingerprint density at radius 3 is 1.50 bits per heavy atom. The zero-order valence-corrected chi connectivity index (χ0v) is 17.2. The fourth-order valence-electron chi connectivity index (χ4n) is 2.64. The summed E-state index contributed by atoms with van der Waals surface area (Å²) in [5.74, 6) is -0.764. The first kappa shape index (κ1) is 24.7. The summed E-state index contributed by atoms with van der Waals surface area (Å²) in [6, 6.07) is 0. The van der Waals surface area contributed by atoms with E-state index in [1.54, 1.807) is 0 Å². The molecule has 0 aromatic heterocycles. The van der Waals surface area contributed by atoms with Crippen LogP contribution in [-0.2, 0) is 4.79 Å². The maximum absolute atomic E-state index is 10.3. The molecule has 0 aliphatic heterocycles. The van der Waals surface area contributed by atoms with Crippen LogP contribution in [0.1, 0.15) is 98.2 Å². The predicted octanol–water partition coefficient (Wildman–Crippen LogP) is 2.26. The van der Waals surface area contributed by atoms with Crippen LogP contribution in [0.15, 0.2) is 0 Å². The van der Waals surface area contributed by atoms with Crippen LogP contribution in [0, 0.1) is 0 Å². The van der Waals surface area contributed by atoms with E-state index in [0.717, 1.165) is 13.0 Å². The van der Waals surface area contributed by atoms with Gasteiger partial charge in [0.15, 0.2) is 0 Å². The van der Waals surface area contributed by atoms with Crippen LogP contribution in [0.2, 0.25) is 0 Å². The second-order valence-electron chi connectivity index (χ2n) is 6.17. The second-order valence-corrected chi connectivity index (χ2v) is 6.17. The molecule has 0 unspecified atom stereocenters. The van der Waals surface area contributed by atoms with Crippen molar-refractivity contribution in [1.82, 2.24) is 5.32 Å². The Kier molecular flexibility index (Phi) is 24.0. The standard InChI is InChI=1S/C18H37NO2.Na.H/c1-2-3-4-5-6-7-8-9-10-11-12-13-14-15-16-19-17-18(20)21;;/h19H,2-17H2,1H3,(H,20,21);;/q;+1;-1. The van der Waals surface area contributed by atoms with Gasteiger partial charge in [0.05, 0.1) is 6.54 Å². The molecule has 4 heteroatoms. The van der Waals surface area contributed by atoms with Crippen molar-refractivity contribution >= 4 is 5.97 Å². The van der Waals surface area contributed by atoms with Gasteiger partial charge in [-0.3, -0.25) is 4.79 Å². The first-order valence-electron chi connectivity index (χ1n) is 9.20. The van der Waals surface area contributed by atoms with Crippen molar-refractivity contribution in [2.45, 2.75) is 96.8 Å². The summed E-state index contributed by atoms with van der Waals surface area (Å²) in [6.45, 7) is 3.20. The normalized spacial score (nSPS) is 10.4. The van der Waals surface area contributed by atoms with Gasteiger partial charge in [-0.05, 0) is 13.0 Å². The summed E-state index contributed by atoms with van der Waals surface area (Å²) in [7, 11) is 0. The third-order valence-corrected chi connectivity index (χ3v) is 3.98. The minimum absolute atomic E-state index is 0. The molecule has 0 atom stereocenters. The molecule has 0 fully saturated rings. The number of carbonyl (C=O) groups is 1. The molecule has 22 heavy (non-hydrogen) atoms. The molecule has 0 saturated carbocycles. The van der Waals surface area contributed by atoms with Gasteiger partial charge >= 0.3 is 35.5 Å². The average Bonchev–Trinajstić information content (AvgIpc) is 2.46. The van der Waals surface area contributed by atoms with Gasteiger partial charge in [-0.25, -0.2) is 0 Å². The van der Waals surface area contributed by atoms with E-state index in [4.69, 9.17) is 5.11 Å². The molecule has 0 rings (SSSR count). The quantitative estimate of drug-likeness (QED) is 0.319. The van der Waals surface area contributed by atoms with Crippen molar-refractivity contribution in [3.8, 4) is 0 Å². The van der Waals surface area contributed by atoms with E-state index in [1.807, 2.05) is 0 Å². The number of unbranched alkanes of at least 4 members (excludes halogenated alkanes) is 13. The Bertz CT molecular complexity index is 231. The third-order valence-electron chi connectivity index (χ3n) is 3.98. The summed E-state index contributed by atoms with van der Waals surface area (Å²) < 4.78 is 0. The van der Waals surface area contributed by atoms with Gasteiger partial charge in [-0.15, -0.1) is 0 Å². The van der Waals surface area contributed by atoms with E-state index in [-0.39, 0.29) is 37.5 Å². The van der Waals surface area contributed by atoms with Gasteiger partial charge in [0, 0.05) is 0 Å². The van der Waals surface area contributed by atoms with Crippen LogP contribution in [0.4, 0.5) is 0 Å². The molecule has 128 valence electrons. The molecule has 0 heterocycles. The predicted molar refractivity (Wildman–Crippen MR) is 91.9 cm³/mol. The maximum atomic E-state index is 10.3. The molecule has 0 spiro atoms. The molecule has 0 aromatic carbocycles.